The lowest BCUT2D eigenvalue weighted by Crippen LogP contribution is -2.18. The van der Waals surface area contributed by atoms with Crippen LogP contribution in [0.3, 0.4) is 0 Å². The average molecular weight is 325 g/mol. The molecule has 0 bridgehead atoms. The van der Waals surface area contributed by atoms with E-state index in [4.69, 9.17) is 4.74 Å². The molecule has 3 rings (SSSR count). The number of ether oxygens (including phenoxy) is 1. The molecule has 0 saturated carbocycles. The molecular formula is C19H20FN3O. The van der Waals surface area contributed by atoms with Crippen molar-refractivity contribution in [2.45, 2.75) is 19.5 Å². The van der Waals surface area contributed by atoms with Gasteiger partial charge in [-0.15, -0.1) is 0 Å². The van der Waals surface area contributed by atoms with Crippen LogP contribution in [0.5, 0.6) is 5.75 Å². The van der Waals surface area contributed by atoms with Crippen LogP contribution in [-0.4, -0.2) is 16.9 Å². The van der Waals surface area contributed by atoms with E-state index in [2.05, 4.69) is 10.4 Å². The van der Waals surface area contributed by atoms with Crippen molar-refractivity contribution in [1.29, 1.82) is 0 Å². The minimum absolute atomic E-state index is 0.0190. The maximum atomic E-state index is 13.8. The summed E-state index contributed by atoms with van der Waals surface area (Å²) in [5, 5.41) is 7.76. The van der Waals surface area contributed by atoms with E-state index in [1.54, 1.807) is 6.07 Å². The first-order valence-electron chi connectivity index (χ1n) is 7.83. The van der Waals surface area contributed by atoms with Gasteiger partial charge in [0.1, 0.15) is 0 Å². The van der Waals surface area contributed by atoms with E-state index in [0.29, 0.717) is 6.54 Å². The number of para-hydroxylation sites is 1. The Morgan fingerprint density at radius 3 is 2.71 bits per heavy atom. The summed E-state index contributed by atoms with van der Waals surface area (Å²) in [6, 6.07) is 15.0. The number of nitrogens with one attached hydrogen (secondary N) is 1. The molecule has 3 aromatic rings. The monoisotopic (exact) mass is 325 g/mol. The second-order valence-corrected chi connectivity index (χ2v) is 5.63. The highest BCUT2D eigenvalue weighted by Gasteiger charge is 2.10. The molecule has 0 saturated heterocycles. The Kier molecular flexibility index (Phi) is 4.91. The fourth-order valence-electron chi connectivity index (χ4n) is 2.51. The van der Waals surface area contributed by atoms with Gasteiger partial charge < -0.3 is 10.1 Å². The third-order valence-electron chi connectivity index (χ3n) is 3.95. The number of rotatable bonds is 6. The zero-order valence-electron chi connectivity index (χ0n) is 13.7. The minimum Gasteiger partial charge on any atom is -0.494 e. The number of aromatic nitrogens is 2. The number of halogens is 1. The molecule has 1 N–H and O–H groups in total. The van der Waals surface area contributed by atoms with Gasteiger partial charge in [-0.05, 0) is 36.8 Å². The highest BCUT2D eigenvalue weighted by atomic mass is 19.1. The van der Waals surface area contributed by atoms with Crippen molar-refractivity contribution >= 4 is 0 Å². The van der Waals surface area contributed by atoms with Crippen LogP contribution in [0.2, 0.25) is 0 Å². The van der Waals surface area contributed by atoms with E-state index in [-0.39, 0.29) is 17.6 Å². The zero-order valence-corrected chi connectivity index (χ0v) is 13.7. The van der Waals surface area contributed by atoms with Gasteiger partial charge in [0.05, 0.1) is 19.0 Å². The van der Waals surface area contributed by atoms with Gasteiger partial charge in [0.25, 0.3) is 0 Å². The first-order valence-corrected chi connectivity index (χ1v) is 7.83. The molecule has 0 spiro atoms. The molecule has 1 atom stereocenters. The molecule has 0 radical (unpaired) electrons. The average Bonchev–Trinajstić information content (AvgIpc) is 3.09. The van der Waals surface area contributed by atoms with Crippen molar-refractivity contribution in [2.24, 2.45) is 0 Å². The van der Waals surface area contributed by atoms with E-state index in [9.17, 15) is 4.39 Å². The van der Waals surface area contributed by atoms with E-state index >= 15 is 0 Å². The fraction of sp³-hybridized carbons (Fsp3) is 0.211. The minimum atomic E-state index is -0.347. The number of nitrogens with zero attached hydrogens (tertiary/aromatic N) is 2. The first-order chi connectivity index (χ1) is 11.7. The van der Waals surface area contributed by atoms with Gasteiger partial charge in [-0.3, -0.25) is 0 Å². The van der Waals surface area contributed by atoms with Crippen molar-refractivity contribution in [3.8, 4) is 11.4 Å². The fourth-order valence-corrected chi connectivity index (χ4v) is 2.51. The summed E-state index contributed by atoms with van der Waals surface area (Å²) in [5.41, 5.74) is 2.97. The van der Waals surface area contributed by atoms with Crippen molar-refractivity contribution in [1.82, 2.24) is 15.1 Å². The van der Waals surface area contributed by atoms with Gasteiger partial charge in [-0.2, -0.15) is 5.10 Å². The first kappa shape index (κ1) is 16.2. The van der Waals surface area contributed by atoms with Gasteiger partial charge in [0.15, 0.2) is 11.6 Å². The van der Waals surface area contributed by atoms with Crippen molar-refractivity contribution in [2.75, 3.05) is 7.11 Å². The van der Waals surface area contributed by atoms with Gasteiger partial charge >= 0.3 is 0 Å². The lowest BCUT2D eigenvalue weighted by molar-refractivity contribution is 0.385. The number of methoxy groups -OCH3 is 1. The molecule has 0 aliphatic heterocycles. The summed E-state index contributed by atoms with van der Waals surface area (Å²) >= 11 is 0. The Morgan fingerprint density at radius 2 is 2.00 bits per heavy atom. The van der Waals surface area contributed by atoms with Gasteiger partial charge in [0, 0.05) is 24.3 Å². The molecule has 4 nitrogen and oxygen atoms in total. The highest BCUT2D eigenvalue weighted by Crippen LogP contribution is 2.22. The predicted octanol–water partition coefficient (Wildman–Crippen LogP) is 3.87. The van der Waals surface area contributed by atoms with Crippen LogP contribution in [0.4, 0.5) is 4.39 Å². The van der Waals surface area contributed by atoms with E-state index in [1.807, 2.05) is 60.4 Å². The Hall–Kier alpha value is -2.66. The lowest BCUT2D eigenvalue weighted by atomic mass is 10.1. The van der Waals surface area contributed by atoms with Crippen LogP contribution in [0, 0.1) is 5.82 Å². The molecule has 1 heterocycles. The van der Waals surface area contributed by atoms with E-state index < -0.39 is 0 Å². The smallest absolute Gasteiger partial charge is 0.165 e. The molecule has 1 aromatic heterocycles. The zero-order chi connectivity index (χ0) is 16.9. The summed E-state index contributed by atoms with van der Waals surface area (Å²) < 4.78 is 20.6. The summed E-state index contributed by atoms with van der Waals surface area (Å²) in [7, 11) is 1.46. The summed E-state index contributed by atoms with van der Waals surface area (Å²) in [6.45, 7) is 2.66. The molecule has 0 aliphatic carbocycles. The Labute approximate surface area is 140 Å². The third-order valence-corrected chi connectivity index (χ3v) is 3.95. The van der Waals surface area contributed by atoms with Gasteiger partial charge in [-0.1, -0.05) is 24.3 Å². The molecule has 0 aliphatic rings. The van der Waals surface area contributed by atoms with E-state index in [0.717, 1.165) is 16.8 Å². The number of hydrogen-bond acceptors (Lipinski definition) is 3. The Balaban J connectivity index is 1.63. The maximum absolute atomic E-state index is 13.8. The number of benzene rings is 2. The lowest BCUT2D eigenvalue weighted by Gasteiger charge is -2.14. The molecule has 0 unspecified atom stereocenters. The van der Waals surface area contributed by atoms with Crippen LogP contribution in [-0.2, 0) is 6.54 Å². The van der Waals surface area contributed by atoms with Crippen LogP contribution in [0.1, 0.15) is 24.1 Å². The van der Waals surface area contributed by atoms with Crippen LogP contribution in [0.15, 0.2) is 60.9 Å². The molecule has 0 amide bonds. The van der Waals surface area contributed by atoms with Gasteiger partial charge in [0.2, 0.25) is 0 Å². The normalized spacial score (nSPS) is 12.1. The molecule has 124 valence electrons. The summed E-state index contributed by atoms with van der Waals surface area (Å²) in [5.74, 6) is -0.0874. The Morgan fingerprint density at radius 1 is 1.21 bits per heavy atom. The maximum Gasteiger partial charge on any atom is 0.165 e. The highest BCUT2D eigenvalue weighted by molar-refractivity contribution is 5.32. The summed E-state index contributed by atoms with van der Waals surface area (Å²) in [4.78, 5) is 0. The van der Waals surface area contributed by atoms with Gasteiger partial charge in [-0.25, -0.2) is 9.07 Å². The predicted molar refractivity (Wildman–Crippen MR) is 91.8 cm³/mol. The van der Waals surface area contributed by atoms with Crippen molar-refractivity contribution in [3.63, 3.8) is 0 Å². The summed E-state index contributed by atoms with van der Waals surface area (Å²) in [6.07, 6.45) is 3.82. The van der Waals surface area contributed by atoms with Crippen LogP contribution < -0.4 is 10.1 Å². The standard InChI is InChI=1S/C19H20FN3O/c1-14(16-8-9-19(24-2)18(20)10-16)21-11-15-12-22-23(13-15)17-6-4-3-5-7-17/h3-10,12-14,21H,11H2,1-2H3/t14-/m0/s1. The second-order valence-electron chi connectivity index (χ2n) is 5.63. The van der Waals surface area contributed by atoms with Crippen LogP contribution in [0.25, 0.3) is 5.69 Å². The molecule has 2 aromatic carbocycles. The molecule has 5 heteroatoms. The molecule has 0 fully saturated rings. The molecular weight excluding hydrogens is 305 g/mol. The largest absolute Gasteiger partial charge is 0.494 e. The Bertz CT molecular complexity index is 801. The SMILES string of the molecule is COc1ccc([C@H](C)NCc2cnn(-c3ccccc3)c2)cc1F. The quantitative estimate of drug-likeness (QED) is 0.748. The topological polar surface area (TPSA) is 39.1 Å². The van der Waals surface area contributed by atoms with E-state index in [1.165, 1.54) is 13.2 Å². The second kappa shape index (κ2) is 7.27. The van der Waals surface area contributed by atoms with Crippen molar-refractivity contribution < 1.29 is 9.13 Å². The number of hydrogen-bond donors (Lipinski definition) is 1. The molecule has 24 heavy (non-hydrogen) atoms. The van der Waals surface area contributed by atoms with Crippen LogP contribution >= 0.6 is 0 Å². The van der Waals surface area contributed by atoms with Crippen molar-refractivity contribution in [3.05, 3.63) is 77.9 Å². The third kappa shape index (κ3) is 3.63.